The van der Waals surface area contributed by atoms with Crippen LogP contribution in [-0.2, 0) is 16.1 Å². The number of aliphatic hydroxyl groups excluding tert-OH is 2. The van der Waals surface area contributed by atoms with Gasteiger partial charge in [-0.25, -0.2) is 4.79 Å². The van der Waals surface area contributed by atoms with Gasteiger partial charge < -0.3 is 19.7 Å². The Kier molecular flexibility index (Phi) is 6.27. The van der Waals surface area contributed by atoms with Crippen LogP contribution in [0.3, 0.4) is 0 Å². The van der Waals surface area contributed by atoms with E-state index in [0.717, 1.165) is 36.3 Å². The summed E-state index contributed by atoms with van der Waals surface area (Å²) in [6.45, 7) is 5.85. The molecule has 5 unspecified atom stereocenters. The van der Waals surface area contributed by atoms with Gasteiger partial charge in [0.25, 0.3) is 0 Å². The van der Waals surface area contributed by atoms with E-state index in [1.807, 2.05) is 13.0 Å². The van der Waals surface area contributed by atoms with E-state index in [-0.39, 0.29) is 12.6 Å². The highest BCUT2D eigenvalue weighted by atomic mass is 16.5. The van der Waals surface area contributed by atoms with Gasteiger partial charge in [-0.2, -0.15) is 5.26 Å². The number of aliphatic imine (C=N–C) groups is 1. The number of carbonyl (C=O) groups is 1. The van der Waals surface area contributed by atoms with E-state index in [2.05, 4.69) is 20.9 Å². The second-order valence-corrected chi connectivity index (χ2v) is 9.64. The third-order valence-electron chi connectivity index (χ3n) is 7.66. The summed E-state index contributed by atoms with van der Waals surface area (Å²) in [6.07, 6.45) is 1.51. The first-order valence-corrected chi connectivity index (χ1v) is 11.7. The molecule has 4 aliphatic rings. The van der Waals surface area contributed by atoms with Crippen LogP contribution in [0.2, 0.25) is 0 Å². The van der Waals surface area contributed by atoms with Crippen molar-refractivity contribution in [3.05, 3.63) is 46.2 Å². The average molecular weight is 467 g/mol. The minimum absolute atomic E-state index is 0.273. The van der Waals surface area contributed by atoms with Crippen LogP contribution in [0.15, 0.2) is 28.9 Å². The highest BCUT2D eigenvalue weighted by molar-refractivity contribution is 5.93. The maximum atomic E-state index is 11.8. The molecule has 2 fully saturated rings. The molecule has 0 aromatic heterocycles. The Bertz CT molecular complexity index is 1080. The predicted molar refractivity (Wildman–Crippen MR) is 123 cm³/mol. The van der Waals surface area contributed by atoms with E-state index in [9.17, 15) is 20.3 Å². The maximum Gasteiger partial charge on any atom is 0.338 e. The summed E-state index contributed by atoms with van der Waals surface area (Å²) < 4.78 is 10.5. The molecule has 6 atom stereocenters. The molecule has 1 aromatic carbocycles. The summed E-state index contributed by atoms with van der Waals surface area (Å²) in [6, 6.07) is 6.09. The fraction of sp³-hybridized carbons (Fsp3) is 0.560. The van der Waals surface area contributed by atoms with Crippen molar-refractivity contribution in [2.45, 2.75) is 37.9 Å². The van der Waals surface area contributed by atoms with Crippen molar-refractivity contribution in [2.24, 2.45) is 16.8 Å². The average Bonchev–Trinajstić information content (AvgIpc) is 3.37. The summed E-state index contributed by atoms with van der Waals surface area (Å²) in [5, 5.41) is 30.9. The summed E-state index contributed by atoms with van der Waals surface area (Å²) in [5.41, 5.74) is 3.79. The molecule has 4 heterocycles. The second-order valence-electron chi connectivity index (χ2n) is 9.64. The van der Waals surface area contributed by atoms with Gasteiger partial charge in [0.15, 0.2) is 0 Å². The number of rotatable bonds is 7. The van der Waals surface area contributed by atoms with Crippen LogP contribution in [0.1, 0.15) is 33.2 Å². The van der Waals surface area contributed by atoms with Crippen molar-refractivity contribution in [3.63, 3.8) is 0 Å². The fourth-order valence-electron chi connectivity index (χ4n) is 5.66. The lowest BCUT2D eigenvalue weighted by molar-refractivity contribution is 0.00532. The van der Waals surface area contributed by atoms with Crippen LogP contribution >= 0.6 is 0 Å². The molecule has 2 N–H and O–H groups in total. The number of methoxy groups -OCH3 is 1. The summed E-state index contributed by atoms with van der Waals surface area (Å²) in [5.74, 6) is -0.216. The van der Waals surface area contributed by atoms with Gasteiger partial charge in [-0.3, -0.25) is 14.8 Å². The van der Waals surface area contributed by atoms with Crippen LogP contribution in [0, 0.1) is 30.1 Å². The minimum atomic E-state index is -0.746. The smallest absolute Gasteiger partial charge is 0.338 e. The summed E-state index contributed by atoms with van der Waals surface area (Å²) >= 11 is 0. The molecule has 9 heteroatoms. The molecule has 1 aromatic rings. The predicted octanol–water partition coefficient (Wildman–Crippen LogP) is 0.799. The van der Waals surface area contributed by atoms with Gasteiger partial charge in [0.05, 0.1) is 29.5 Å². The third kappa shape index (κ3) is 4.06. The van der Waals surface area contributed by atoms with Crippen LogP contribution in [0.4, 0.5) is 0 Å². The van der Waals surface area contributed by atoms with Crippen LogP contribution in [0.5, 0.6) is 0 Å². The van der Waals surface area contributed by atoms with E-state index >= 15 is 0 Å². The SMILES string of the molecule is COC1C=C(C(O)CN2CC3CN(C[C@H](O)c4ccc5c(c4C)COC5=O)C3C2)N=CC1C#N. The number of cyclic esters (lactones) is 1. The number of nitrogens with zero attached hydrogens (tertiary/aromatic N) is 4. The number of aliphatic hydroxyl groups is 2. The Labute approximate surface area is 198 Å². The van der Waals surface area contributed by atoms with Gasteiger partial charge >= 0.3 is 5.97 Å². The molecule has 2 saturated heterocycles. The quantitative estimate of drug-likeness (QED) is 0.567. The lowest BCUT2D eigenvalue weighted by Crippen LogP contribution is -2.56. The Morgan fingerprint density at radius 1 is 1.26 bits per heavy atom. The second kappa shape index (κ2) is 9.21. The molecule has 0 spiro atoms. The van der Waals surface area contributed by atoms with E-state index in [1.165, 1.54) is 0 Å². The highest BCUT2D eigenvalue weighted by Gasteiger charge is 2.46. The number of fused-ring (bicyclic) bond motifs is 2. The fourth-order valence-corrected chi connectivity index (χ4v) is 5.66. The Balaban J connectivity index is 1.16. The van der Waals surface area contributed by atoms with Gasteiger partial charge in [-0.15, -0.1) is 0 Å². The molecular weight excluding hydrogens is 436 g/mol. The van der Waals surface area contributed by atoms with Gasteiger partial charge in [0.2, 0.25) is 0 Å². The third-order valence-corrected chi connectivity index (χ3v) is 7.66. The molecule has 0 bridgehead atoms. The molecule has 0 aliphatic carbocycles. The lowest BCUT2D eigenvalue weighted by atomic mass is 9.90. The monoisotopic (exact) mass is 466 g/mol. The zero-order chi connectivity index (χ0) is 24.0. The Hall–Kier alpha value is -2.61. The zero-order valence-corrected chi connectivity index (χ0v) is 19.4. The molecule has 180 valence electrons. The Morgan fingerprint density at radius 2 is 2.09 bits per heavy atom. The number of likely N-dealkylation sites (tertiary alicyclic amines) is 2. The molecule has 0 saturated carbocycles. The van der Waals surface area contributed by atoms with Crippen LogP contribution in [-0.4, -0.2) is 90.3 Å². The normalized spacial score (nSPS) is 30.1. The molecule has 4 aliphatic heterocycles. The molecule has 34 heavy (non-hydrogen) atoms. The van der Waals surface area contributed by atoms with E-state index in [4.69, 9.17) is 9.47 Å². The lowest BCUT2D eigenvalue weighted by Gasteiger charge is -2.44. The summed E-state index contributed by atoms with van der Waals surface area (Å²) in [7, 11) is 1.55. The number of ether oxygens (including phenoxy) is 2. The zero-order valence-electron chi connectivity index (χ0n) is 19.4. The number of carbonyl (C=O) groups excluding carboxylic acids is 1. The molecule has 9 nitrogen and oxygen atoms in total. The maximum absolute atomic E-state index is 11.8. The van der Waals surface area contributed by atoms with E-state index < -0.39 is 24.2 Å². The Morgan fingerprint density at radius 3 is 2.85 bits per heavy atom. The van der Waals surface area contributed by atoms with Crippen LogP contribution in [0.25, 0.3) is 0 Å². The first-order valence-electron chi connectivity index (χ1n) is 11.7. The van der Waals surface area contributed by atoms with Crippen LogP contribution < -0.4 is 0 Å². The first-order chi connectivity index (χ1) is 16.4. The number of hydrogen-bond acceptors (Lipinski definition) is 9. The summed E-state index contributed by atoms with van der Waals surface area (Å²) in [4.78, 5) is 20.6. The van der Waals surface area contributed by atoms with Crippen molar-refractivity contribution in [1.29, 1.82) is 5.26 Å². The topological polar surface area (TPSA) is 119 Å². The van der Waals surface area contributed by atoms with Gasteiger partial charge in [-0.05, 0) is 30.2 Å². The standard InChI is InChI=1S/C25H30N4O5/c1-14-17(3-4-18-19(14)13-34-25(18)32)22(30)12-29-9-16-8-28(10-21(16)29)11-23(31)20-5-24(33-2)15(6-26)7-27-20/h3-5,7,15-16,21-24,30-31H,8-13H2,1-2H3/t15?,16?,21?,22-,23?,24?/m0/s1. The number of nitriles is 1. The van der Waals surface area contributed by atoms with Gasteiger partial charge in [-0.1, -0.05) is 6.07 Å². The molecule has 0 radical (unpaired) electrons. The molecule has 5 rings (SSSR count). The largest absolute Gasteiger partial charge is 0.457 e. The molecule has 0 amide bonds. The van der Waals surface area contributed by atoms with Gasteiger partial charge in [0.1, 0.15) is 18.6 Å². The van der Waals surface area contributed by atoms with E-state index in [0.29, 0.717) is 36.3 Å². The number of benzene rings is 1. The van der Waals surface area contributed by atoms with Crippen molar-refractivity contribution < 1.29 is 24.5 Å². The van der Waals surface area contributed by atoms with Crippen molar-refractivity contribution >= 4 is 12.2 Å². The number of hydrogen-bond donors (Lipinski definition) is 2. The van der Waals surface area contributed by atoms with Crippen molar-refractivity contribution in [1.82, 2.24) is 9.80 Å². The minimum Gasteiger partial charge on any atom is -0.457 e. The highest BCUT2D eigenvalue weighted by Crippen LogP contribution is 2.36. The first kappa shape index (κ1) is 23.1. The van der Waals surface area contributed by atoms with Gasteiger partial charge in [0, 0.05) is 63.6 Å². The van der Waals surface area contributed by atoms with Crippen molar-refractivity contribution in [3.8, 4) is 6.07 Å². The van der Waals surface area contributed by atoms with E-state index in [1.54, 1.807) is 25.5 Å². The molecular formula is C25H30N4O5. The van der Waals surface area contributed by atoms with Crippen molar-refractivity contribution in [2.75, 3.05) is 39.8 Å². The number of esters is 1. The number of β-amino-alcohol motifs (C(OH)–C–C–N with tert-alkyl or cyclic N) is 2.